The van der Waals surface area contributed by atoms with Crippen LogP contribution in [0.3, 0.4) is 0 Å². The van der Waals surface area contributed by atoms with Crippen molar-refractivity contribution >= 4 is 0 Å². The zero-order valence-corrected chi connectivity index (χ0v) is 10.4. The minimum absolute atomic E-state index is 0.375. The predicted octanol–water partition coefficient (Wildman–Crippen LogP) is 3.12. The Morgan fingerprint density at radius 2 is 1.94 bits per heavy atom. The van der Waals surface area contributed by atoms with Crippen LogP contribution in [0.5, 0.6) is 0 Å². The Labute approximate surface area is 101 Å². The molecule has 0 aromatic heterocycles. The van der Waals surface area contributed by atoms with Crippen molar-refractivity contribution in [3.8, 4) is 0 Å². The summed E-state index contributed by atoms with van der Waals surface area (Å²) in [7, 11) is 0. The molecule has 2 nitrogen and oxygen atoms in total. The van der Waals surface area contributed by atoms with Crippen LogP contribution in [0.4, 0.5) is 13.2 Å². The molecule has 1 unspecified atom stereocenters. The molecule has 17 heavy (non-hydrogen) atoms. The molecule has 0 aromatic rings. The molecule has 1 N–H and O–H groups in total. The fourth-order valence-electron chi connectivity index (χ4n) is 2.25. The van der Waals surface area contributed by atoms with Gasteiger partial charge in [0.15, 0.2) is 0 Å². The molecule has 1 saturated heterocycles. The molecule has 0 spiro atoms. The Bertz CT molecular complexity index is 202. The number of halogens is 3. The summed E-state index contributed by atoms with van der Waals surface area (Å²) in [4.78, 5) is 0. The second-order valence-electron chi connectivity index (χ2n) is 4.76. The van der Waals surface area contributed by atoms with Gasteiger partial charge in [-0.05, 0) is 38.1 Å². The Morgan fingerprint density at radius 3 is 2.47 bits per heavy atom. The van der Waals surface area contributed by atoms with Crippen LogP contribution in [-0.4, -0.2) is 32.0 Å². The highest BCUT2D eigenvalue weighted by atomic mass is 19.4. The largest absolute Gasteiger partial charge is 0.390 e. The Morgan fingerprint density at radius 1 is 1.29 bits per heavy atom. The average Bonchev–Trinajstić information content (AvgIpc) is 2.25. The summed E-state index contributed by atoms with van der Waals surface area (Å²) in [5, 5.41) is 3.01. The topological polar surface area (TPSA) is 21.3 Å². The van der Waals surface area contributed by atoms with Crippen molar-refractivity contribution in [1.29, 1.82) is 0 Å². The van der Waals surface area contributed by atoms with E-state index in [2.05, 4.69) is 5.32 Å². The molecular weight excluding hydrogens is 231 g/mol. The van der Waals surface area contributed by atoms with E-state index in [9.17, 15) is 13.2 Å². The van der Waals surface area contributed by atoms with E-state index in [1.54, 1.807) is 0 Å². The van der Waals surface area contributed by atoms with E-state index in [4.69, 9.17) is 4.74 Å². The van der Waals surface area contributed by atoms with Gasteiger partial charge >= 0.3 is 6.18 Å². The summed E-state index contributed by atoms with van der Waals surface area (Å²) >= 11 is 0. The third-order valence-electron chi connectivity index (χ3n) is 3.12. The van der Waals surface area contributed by atoms with Crippen molar-refractivity contribution in [2.45, 2.75) is 51.2 Å². The summed E-state index contributed by atoms with van der Waals surface area (Å²) < 4.78 is 42.5. The monoisotopic (exact) mass is 253 g/mol. The van der Waals surface area contributed by atoms with Crippen molar-refractivity contribution in [2.75, 3.05) is 19.8 Å². The van der Waals surface area contributed by atoms with Crippen LogP contribution in [0.25, 0.3) is 0 Å². The van der Waals surface area contributed by atoms with E-state index in [0.29, 0.717) is 32.1 Å². The fraction of sp³-hybridized carbons (Fsp3) is 1.00. The highest BCUT2D eigenvalue weighted by Crippen LogP contribution is 2.27. The van der Waals surface area contributed by atoms with Crippen LogP contribution in [-0.2, 0) is 4.74 Å². The van der Waals surface area contributed by atoms with Crippen molar-refractivity contribution in [2.24, 2.45) is 5.92 Å². The number of nitrogens with one attached hydrogen (secondary N) is 1. The van der Waals surface area contributed by atoms with E-state index in [-0.39, 0.29) is 0 Å². The highest BCUT2D eigenvalue weighted by molar-refractivity contribution is 4.76. The summed E-state index contributed by atoms with van der Waals surface area (Å²) in [6, 6.07) is -0.432. The molecule has 0 aliphatic carbocycles. The predicted molar refractivity (Wildman–Crippen MR) is 60.9 cm³/mol. The maximum Gasteiger partial charge on any atom is 0.390 e. The third-order valence-corrected chi connectivity index (χ3v) is 3.12. The lowest BCUT2D eigenvalue weighted by molar-refractivity contribution is -0.141. The molecule has 5 heteroatoms. The summed E-state index contributed by atoms with van der Waals surface area (Å²) in [5.74, 6) is 0.375. The van der Waals surface area contributed by atoms with Crippen LogP contribution in [0.2, 0.25) is 0 Å². The zero-order valence-electron chi connectivity index (χ0n) is 10.4. The molecule has 1 heterocycles. The second kappa shape index (κ2) is 7.21. The minimum atomic E-state index is -4.07. The number of hydrogen-bond acceptors (Lipinski definition) is 2. The SMILES string of the molecule is CCCNC(CC1CCOCC1)CC(F)(F)F. The second-order valence-corrected chi connectivity index (χ2v) is 4.76. The minimum Gasteiger partial charge on any atom is -0.381 e. The maximum atomic E-state index is 12.4. The van der Waals surface area contributed by atoms with Crippen LogP contribution in [0.1, 0.15) is 39.0 Å². The first-order valence-corrected chi connectivity index (χ1v) is 6.39. The van der Waals surface area contributed by atoms with Gasteiger partial charge in [-0.3, -0.25) is 0 Å². The summed E-state index contributed by atoms with van der Waals surface area (Å²) in [5.41, 5.74) is 0. The van der Waals surface area contributed by atoms with E-state index < -0.39 is 18.6 Å². The van der Waals surface area contributed by atoms with Gasteiger partial charge in [-0.2, -0.15) is 13.2 Å². The molecule has 1 rings (SSSR count). The molecule has 1 atom stereocenters. The van der Waals surface area contributed by atoms with Gasteiger partial charge in [0.05, 0.1) is 6.42 Å². The van der Waals surface area contributed by atoms with E-state index in [0.717, 1.165) is 19.3 Å². The number of ether oxygens (including phenoxy) is 1. The first-order valence-electron chi connectivity index (χ1n) is 6.39. The van der Waals surface area contributed by atoms with E-state index >= 15 is 0 Å². The first kappa shape index (κ1) is 14.8. The molecule has 0 radical (unpaired) electrons. The highest BCUT2D eigenvalue weighted by Gasteiger charge is 2.32. The number of rotatable bonds is 6. The van der Waals surface area contributed by atoms with Gasteiger partial charge in [-0.15, -0.1) is 0 Å². The molecule has 1 aliphatic heterocycles. The molecule has 0 saturated carbocycles. The lowest BCUT2D eigenvalue weighted by atomic mass is 9.91. The smallest absolute Gasteiger partial charge is 0.381 e. The summed E-state index contributed by atoms with van der Waals surface area (Å²) in [6.07, 6.45) is -1.53. The van der Waals surface area contributed by atoms with Gasteiger partial charge in [-0.1, -0.05) is 6.92 Å². The van der Waals surface area contributed by atoms with Gasteiger partial charge in [0, 0.05) is 19.3 Å². The van der Waals surface area contributed by atoms with Gasteiger partial charge in [0.2, 0.25) is 0 Å². The lowest BCUT2D eigenvalue weighted by Gasteiger charge is -2.28. The molecule has 1 fully saturated rings. The van der Waals surface area contributed by atoms with Crippen LogP contribution < -0.4 is 5.32 Å². The van der Waals surface area contributed by atoms with E-state index in [1.807, 2.05) is 6.92 Å². The number of hydrogen-bond donors (Lipinski definition) is 1. The van der Waals surface area contributed by atoms with Gasteiger partial charge in [0.1, 0.15) is 0 Å². The Balaban J connectivity index is 2.38. The molecule has 0 amide bonds. The van der Waals surface area contributed by atoms with Crippen LogP contribution in [0, 0.1) is 5.92 Å². The van der Waals surface area contributed by atoms with Gasteiger partial charge in [0.25, 0.3) is 0 Å². The normalized spacial score (nSPS) is 20.5. The third kappa shape index (κ3) is 6.88. The van der Waals surface area contributed by atoms with Crippen molar-refractivity contribution in [1.82, 2.24) is 5.32 Å². The Hall–Kier alpha value is -0.290. The van der Waals surface area contributed by atoms with Crippen molar-refractivity contribution < 1.29 is 17.9 Å². The standard InChI is InChI=1S/C12H22F3NO/c1-2-5-16-11(9-12(13,14)15)8-10-3-6-17-7-4-10/h10-11,16H,2-9H2,1H3. The molecule has 102 valence electrons. The lowest BCUT2D eigenvalue weighted by Crippen LogP contribution is -2.37. The fourth-order valence-corrected chi connectivity index (χ4v) is 2.25. The average molecular weight is 253 g/mol. The van der Waals surface area contributed by atoms with Gasteiger partial charge in [-0.25, -0.2) is 0 Å². The first-order chi connectivity index (χ1) is 8.01. The van der Waals surface area contributed by atoms with Crippen molar-refractivity contribution in [3.63, 3.8) is 0 Å². The van der Waals surface area contributed by atoms with Crippen molar-refractivity contribution in [3.05, 3.63) is 0 Å². The van der Waals surface area contributed by atoms with Crippen LogP contribution >= 0.6 is 0 Å². The van der Waals surface area contributed by atoms with Crippen LogP contribution in [0.15, 0.2) is 0 Å². The number of alkyl halides is 3. The van der Waals surface area contributed by atoms with Gasteiger partial charge < -0.3 is 10.1 Å². The quantitative estimate of drug-likeness (QED) is 0.785. The molecule has 0 bridgehead atoms. The molecule has 0 aromatic carbocycles. The Kier molecular flexibility index (Phi) is 6.27. The zero-order chi connectivity index (χ0) is 12.7. The molecular formula is C12H22F3NO. The maximum absolute atomic E-state index is 12.4. The summed E-state index contributed by atoms with van der Waals surface area (Å²) in [6.45, 7) is 4.00. The van der Waals surface area contributed by atoms with E-state index in [1.165, 1.54) is 0 Å². The molecule has 1 aliphatic rings.